The molecule has 0 fully saturated rings. The zero-order chi connectivity index (χ0) is 15.8. The van der Waals surface area contributed by atoms with Crippen LogP contribution in [-0.4, -0.2) is 13.2 Å². The van der Waals surface area contributed by atoms with Crippen LogP contribution in [0.5, 0.6) is 0 Å². The van der Waals surface area contributed by atoms with Gasteiger partial charge in [-0.05, 0) is 48.2 Å². The molecule has 2 rings (SSSR count). The van der Waals surface area contributed by atoms with Crippen LogP contribution in [0.1, 0.15) is 11.1 Å². The lowest BCUT2D eigenvalue weighted by Crippen LogP contribution is -1.97. The Hall–Kier alpha value is -0.450. The molecule has 3 nitrogen and oxygen atoms in total. The molecule has 0 N–H and O–H groups in total. The van der Waals surface area contributed by atoms with Gasteiger partial charge in [-0.2, -0.15) is 0 Å². The van der Waals surface area contributed by atoms with E-state index in [-0.39, 0.29) is 0 Å². The lowest BCUT2D eigenvalue weighted by Gasteiger charge is -2.06. The third kappa shape index (κ3) is 6.76. The van der Waals surface area contributed by atoms with Gasteiger partial charge in [0.15, 0.2) is 0 Å². The highest BCUT2D eigenvalue weighted by atomic mass is 79.9. The van der Waals surface area contributed by atoms with E-state index < -0.39 is 8.25 Å². The molecule has 0 aliphatic rings. The van der Waals surface area contributed by atoms with E-state index in [1.54, 1.807) is 0 Å². The minimum atomic E-state index is -2.41. The molecule has 0 unspecified atom stereocenters. The smallest absolute Gasteiger partial charge is 0.310 e. The fourth-order valence-corrected chi connectivity index (χ4v) is 3.00. The molecule has 2 aromatic rings. The Morgan fingerprint density at radius 3 is 1.45 bits per heavy atom. The third-order valence-electron chi connectivity index (χ3n) is 3.05. The van der Waals surface area contributed by atoms with Gasteiger partial charge >= 0.3 is 8.25 Å². The standard InChI is InChI=1S/C16H17Br2O3P/c17-15-5-1-13(2-6-15)9-11-20-22(19)21-12-10-14-3-7-16(18)8-4-14/h1-8,22H,9-12H2. The number of halogens is 2. The van der Waals surface area contributed by atoms with Crippen molar-refractivity contribution in [3.8, 4) is 0 Å². The Morgan fingerprint density at radius 1 is 0.727 bits per heavy atom. The summed E-state index contributed by atoms with van der Waals surface area (Å²) in [6, 6.07) is 16.0. The van der Waals surface area contributed by atoms with Crippen molar-refractivity contribution >= 4 is 40.1 Å². The van der Waals surface area contributed by atoms with Gasteiger partial charge in [0.25, 0.3) is 0 Å². The van der Waals surface area contributed by atoms with Crippen LogP contribution in [0, 0.1) is 0 Å². The summed E-state index contributed by atoms with van der Waals surface area (Å²) in [7, 11) is -2.41. The zero-order valence-corrected chi connectivity index (χ0v) is 16.1. The highest BCUT2D eigenvalue weighted by Gasteiger charge is 2.01. The molecular weight excluding hydrogens is 431 g/mol. The number of rotatable bonds is 8. The van der Waals surface area contributed by atoms with Crippen molar-refractivity contribution in [2.24, 2.45) is 0 Å². The van der Waals surface area contributed by atoms with Crippen LogP contribution in [0.15, 0.2) is 57.5 Å². The lowest BCUT2D eigenvalue weighted by atomic mass is 10.2. The van der Waals surface area contributed by atoms with E-state index in [1.165, 1.54) is 0 Å². The first-order chi connectivity index (χ1) is 10.6. The number of hydrogen-bond donors (Lipinski definition) is 0. The second kappa shape index (κ2) is 9.64. The van der Waals surface area contributed by atoms with Crippen LogP contribution in [0.2, 0.25) is 0 Å². The van der Waals surface area contributed by atoms with E-state index in [9.17, 15) is 4.57 Å². The SMILES string of the molecule is O=[PH](OCCc1ccc(Br)cc1)OCCc1ccc(Br)cc1. The molecule has 0 atom stereocenters. The van der Waals surface area contributed by atoms with Crippen molar-refractivity contribution in [3.05, 3.63) is 68.6 Å². The van der Waals surface area contributed by atoms with Crippen molar-refractivity contribution in [3.63, 3.8) is 0 Å². The largest absolute Gasteiger partial charge is 0.319 e. The van der Waals surface area contributed by atoms with Gasteiger partial charge in [-0.1, -0.05) is 56.1 Å². The molecule has 0 aromatic heterocycles. The maximum absolute atomic E-state index is 11.7. The van der Waals surface area contributed by atoms with Crippen molar-refractivity contribution in [1.29, 1.82) is 0 Å². The van der Waals surface area contributed by atoms with Crippen molar-refractivity contribution < 1.29 is 13.6 Å². The molecule has 0 bridgehead atoms. The average molecular weight is 448 g/mol. The molecule has 0 aliphatic heterocycles. The molecule has 0 heterocycles. The normalized spacial score (nSPS) is 11.0. The minimum absolute atomic E-state index is 0.401. The van der Waals surface area contributed by atoms with Gasteiger partial charge < -0.3 is 9.05 Å². The van der Waals surface area contributed by atoms with Crippen LogP contribution in [-0.2, 0) is 26.5 Å². The highest BCUT2D eigenvalue weighted by molar-refractivity contribution is 9.10. The van der Waals surface area contributed by atoms with Gasteiger partial charge in [0.1, 0.15) is 0 Å². The van der Waals surface area contributed by atoms with Gasteiger partial charge in [-0.3, -0.25) is 4.57 Å². The molecule has 2 aromatic carbocycles. The molecule has 0 radical (unpaired) electrons. The van der Waals surface area contributed by atoms with Crippen LogP contribution in [0.25, 0.3) is 0 Å². The van der Waals surface area contributed by atoms with Crippen LogP contribution in [0.4, 0.5) is 0 Å². The van der Waals surface area contributed by atoms with Gasteiger partial charge in [0.2, 0.25) is 0 Å². The first-order valence-corrected chi connectivity index (χ1v) is 9.73. The zero-order valence-electron chi connectivity index (χ0n) is 11.9. The topological polar surface area (TPSA) is 35.5 Å². The van der Waals surface area contributed by atoms with E-state index >= 15 is 0 Å². The maximum Gasteiger partial charge on any atom is 0.319 e. The van der Waals surface area contributed by atoms with Crippen LogP contribution < -0.4 is 0 Å². The Morgan fingerprint density at radius 2 is 1.09 bits per heavy atom. The quantitative estimate of drug-likeness (QED) is 0.507. The summed E-state index contributed by atoms with van der Waals surface area (Å²) in [6.07, 6.45) is 1.44. The highest BCUT2D eigenvalue weighted by Crippen LogP contribution is 2.24. The lowest BCUT2D eigenvalue weighted by molar-refractivity contribution is 0.229. The molecule has 0 amide bonds. The van der Waals surface area contributed by atoms with E-state index in [4.69, 9.17) is 9.05 Å². The Bertz CT molecular complexity index is 546. The molecule has 118 valence electrons. The first-order valence-electron chi connectivity index (χ1n) is 6.92. The molecule has 0 aliphatic carbocycles. The van der Waals surface area contributed by atoms with Crippen LogP contribution in [0.3, 0.4) is 0 Å². The molecule has 0 saturated heterocycles. The average Bonchev–Trinajstić information content (AvgIpc) is 2.51. The predicted molar refractivity (Wildman–Crippen MR) is 96.6 cm³/mol. The maximum atomic E-state index is 11.7. The van der Waals surface area contributed by atoms with E-state index in [2.05, 4.69) is 31.9 Å². The number of hydrogen-bond acceptors (Lipinski definition) is 3. The minimum Gasteiger partial charge on any atom is -0.310 e. The first kappa shape index (κ1) is 17.9. The molecule has 22 heavy (non-hydrogen) atoms. The number of benzene rings is 2. The third-order valence-corrected chi connectivity index (χ3v) is 4.98. The van der Waals surface area contributed by atoms with Crippen molar-refractivity contribution in [2.45, 2.75) is 12.8 Å². The van der Waals surface area contributed by atoms with Gasteiger partial charge in [0.05, 0.1) is 13.2 Å². The summed E-state index contributed by atoms with van der Waals surface area (Å²) in [4.78, 5) is 0. The second-order valence-corrected chi connectivity index (χ2v) is 7.61. The predicted octanol–water partition coefficient (Wildman–Crippen LogP) is 5.42. The second-order valence-electron chi connectivity index (χ2n) is 4.70. The van der Waals surface area contributed by atoms with E-state index in [1.807, 2.05) is 48.5 Å². The Kier molecular flexibility index (Phi) is 7.84. The Labute approximate surface area is 148 Å². The summed E-state index contributed by atoms with van der Waals surface area (Å²) in [6.45, 7) is 0.801. The fraction of sp³-hybridized carbons (Fsp3) is 0.250. The molecule has 6 heteroatoms. The molecular formula is C16H17Br2O3P. The van der Waals surface area contributed by atoms with Gasteiger partial charge in [-0.25, -0.2) is 0 Å². The summed E-state index contributed by atoms with van der Waals surface area (Å²) >= 11 is 6.78. The van der Waals surface area contributed by atoms with Crippen LogP contribution >= 0.6 is 40.1 Å². The van der Waals surface area contributed by atoms with E-state index in [0.717, 1.165) is 32.9 Å². The van der Waals surface area contributed by atoms with Gasteiger partial charge in [-0.15, -0.1) is 0 Å². The summed E-state index contributed by atoms with van der Waals surface area (Å²) in [5.41, 5.74) is 2.29. The summed E-state index contributed by atoms with van der Waals surface area (Å²) < 4.78 is 24.2. The molecule has 0 spiro atoms. The van der Waals surface area contributed by atoms with E-state index in [0.29, 0.717) is 13.2 Å². The monoisotopic (exact) mass is 446 g/mol. The fourth-order valence-electron chi connectivity index (χ4n) is 1.85. The molecule has 0 saturated carbocycles. The van der Waals surface area contributed by atoms with Crippen molar-refractivity contribution in [2.75, 3.05) is 13.2 Å². The summed E-state index contributed by atoms with van der Waals surface area (Å²) in [5.74, 6) is 0. The van der Waals surface area contributed by atoms with Crippen molar-refractivity contribution in [1.82, 2.24) is 0 Å². The summed E-state index contributed by atoms with van der Waals surface area (Å²) in [5, 5.41) is 0. The van der Waals surface area contributed by atoms with Gasteiger partial charge in [0, 0.05) is 8.95 Å². The Balaban J connectivity index is 1.61.